The number of hydrogen-bond acceptors (Lipinski definition) is 1. The molecule has 6 heteroatoms. The van der Waals surface area contributed by atoms with Gasteiger partial charge in [0.25, 0.3) is 0 Å². The molecule has 0 radical (unpaired) electrons. The Morgan fingerprint density at radius 3 is 2.94 bits per heavy atom. The molecule has 0 spiro atoms. The van der Waals surface area contributed by atoms with Gasteiger partial charge in [0.2, 0.25) is 0 Å². The minimum Gasteiger partial charge on any atom is -0.331 e. The summed E-state index contributed by atoms with van der Waals surface area (Å²) in [6, 6.07) is 3.16. The van der Waals surface area contributed by atoms with Crippen LogP contribution in [0.25, 0.3) is 11.0 Å². The van der Waals surface area contributed by atoms with Gasteiger partial charge >= 0.3 is 0 Å². The third-order valence-corrected chi connectivity index (χ3v) is 3.41. The highest BCUT2D eigenvalue weighted by Crippen LogP contribution is 2.21. The van der Waals surface area contributed by atoms with Crippen molar-refractivity contribution in [3.05, 3.63) is 37.9 Å². The third-order valence-electron chi connectivity index (χ3n) is 2.15. The molecule has 0 fully saturated rings. The van der Waals surface area contributed by atoms with E-state index in [2.05, 4.69) is 11.6 Å². The zero-order valence-corrected chi connectivity index (χ0v) is 11.8. The number of nitrogens with zero attached hydrogens (tertiary/aromatic N) is 1. The van der Waals surface area contributed by atoms with Crippen LogP contribution in [0.15, 0.2) is 23.7 Å². The van der Waals surface area contributed by atoms with Gasteiger partial charge in [-0.25, -0.2) is 4.39 Å². The SMILES string of the molecule is C=C(Cl)Cn1c(=S)[nH]c2cc(I)c(F)cc21. The molecule has 0 unspecified atom stereocenters. The molecular formula is C10H7ClFIN2S. The Bertz CT molecular complexity index is 632. The third kappa shape index (κ3) is 2.16. The molecule has 0 bridgehead atoms. The highest BCUT2D eigenvalue weighted by atomic mass is 127. The zero-order chi connectivity index (χ0) is 11.9. The molecule has 0 saturated carbocycles. The van der Waals surface area contributed by atoms with Crippen molar-refractivity contribution in [2.75, 3.05) is 0 Å². The maximum atomic E-state index is 13.5. The van der Waals surface area contributed by atoms with Gasteiger partial charge in [0.15, 0.2) is 4.77 Å². The van der Waals surface area contributed by atoms with Gasteiger partial charge in [0, 0.05) is 11.1 Å². The number of hydrogen-bond donors (Lipinski definition) is 1. The number of allylic oxidation sites excluding steroid dienone is 1. The van der Waals surface area contributed by atoms with Crippen LogP contribution in [0, 0.1) is 14.2 Å². The number of nitrogens with one attached hydrogen (secondary N) is 1. The van der Waals surface area contributed by atoms with Crippen LogP contribution in [0.4, 0.5) is 4.39 Å². The predicted octanol–water partition coefficient (Wildman–Crippen LogP) is 4.20. The number of halogens is 3. The highest BCUT2D eigenvalue weighted by molar-refractivity contribution is 14.1. The molecule has 1 aromatic heterocycles. The molecule has 2 nitrogen and oxygen atoms in total. The smallest absolute Gasteiger partial charge is 0.178 e. The van der Waals surface area contributed by atoms with E-state index in [1.54, 1.807) is 10.6 Å². The fourth-order valence-corrected chi connectivity index (χ4v) is 2.34. The number of rotatable bonds is 2. The van der Waals surface area contributed by atoms with Crippen molar-refractivity contribution in [2.24, 2.45) is 0 Å². The van der Waals surface area contributed by atoms with E-state index in [9.17, 15) is 4.39 Å². The monoisotopic (exact) mass is 368 g/mol. The summed E-state index contributed by atoms with van der Waals surface area (Å²) in [5.74, 6) is -0.268. The Balaban J connectivity index is 2.74. The van der Waals surface area contributed by atoms with E-state index in [0.29, 0.717) is 25.4 Å². The van der Waals surface area contributed by atoms with E-state index in [4.69, 9.17) is 23.8 Å². The van der Waals surface area contributed by atoms with Gasteiger partial charge in [-0.1, -0.05) is 18.2 Å². The topological polar surface area (TPSA) is 20.7 Å². The average Bonchev–Trinajstić information content (AvgIpc) is 2.45. The molecule has 2 rings (SSSR count). The molecule has 0 aliphatic carbocycles. The molecule has 1 aromatic carbocycles. The van der Waals surface area contributed by atoms with E-state index in [1.165, 1.54) is 6.07 Å². The van der Waals surface area contributed by atoms with E-state index in [1.807, 2.05) is 22.6 Å². The lowest BCUT2D eigenvalue weighted by atomic mass is 10.3. The molecule has 0 saturated heterocycles. The van der Waals surface area contributed by atoms with Crippen LogP contribution >= 0.6 is 46.4 Å². The molecular weight excluding hydrogens is 362 g/mol. The summed E-state index contributed by atoms with van der Waals surface area (Å²) in [4.78, 5) is 3.01. The summed E-state index contributed by atoms with van der Waals surface area (Å²) >= 11 is 12.8. The lowest BCUT2D eigenvalue weighted by molar-refractivity contribution is 0.621. The minimum atomic E-state index is -0.268. The second-order valence-electron chi connectivity index (χ2n) is 3.32. The summed E-state index contributed by atoms with van der Waals surface area (Å²) in [5.41, 5.74) is 1.50. The lowest BCUT2D eigenvalue weighted by Crippen LogP contribution is -1.97. The second-order valence-corrected chi connectivity index (χ2v) is 5.40. The number of H-pyrrole nitrogens is 1. The molecule has 0 aliphatic rings. The van der Waals surface area contributed by atoms with Crippen LogP contribution in [-0.4, -0.2) is 9.55 Å². The van der Waals surface area contributed by atoms with Crippen molar-refractivity contribution < 1.29 is 4.39 Å². The Morgan fingerprint density at radius 1 is 1.62 bits per heavy atom. The summed E-state index contributed by atoms with van der Waals surface area (Å²) in [5, 5.41) is 0.455. The Hall–Kier alpha value is -0.400. The minimum absolute atomic E-state index is 0.268. The van der Waals surface area contributed by atoms with Crippen LogP contribution in [0.5, 0.6) is 0 Å². The van der Waals surface area contributed by atoms with Crippen LogP contribution in [0.2, 0.25) is 0 Å². The molecule has 84 valence electrons. The Kier molecular flexibility index (Phi) is 3.37. The first kappa shape index (κ1) is 12.1. The van der Waals surface area contributed by atoms with Crippen molar-refractivity contribution in [2.45, 2.75) is 6.54 Å². The van der Waals surface area contributed by atoms with Gasteiger partial charge in [-0.2, -0.15) is 0 Å². The number of benzene rings is 1. The van der Waals surface area contributed by atoms with Crippen molar-refractivity contribution in [1.82, 2.24) is 9.55 Å². The van der Waals surface area contributed by atoms with Gasteiger partial charge in [-0.05, 0) is 40.9 Å². The average molecular weight is 369 g/mol. The van der Waals surface area contributed by atoms with Crippen molar-refractivity contribution >= 4 is 57.4 Å². The highest BCUT2D eigenvalue weighted by Gasteiger charge is 2.08. The number of aromatic nitrogens is 2. The second kappa shape index (κ2) is 4.46. The van der Waals surface area contributed by atoms with Crippen LogP contribution in [0.1, 0.15) is 0 Å². The number of imidazole rings is 1. The van der Waals surface area contributed by atoms with Crippen molar-refractivity contribution in [3.8, 4) is 0 Å². The van der Waals surface area contributed by atoms with Crippen LogP contribution in [0.3, 0.4) is 0 Å². The fraction of sp³-hybridized carbons (Fsp3) is 0.100. The summed E-state index contributed by atoms with van der Waals surface area (Å²) < 4.78 is 16.2. The first-order valence-electron chi connectivity index (χ1n) is 4.40. The number of aromatic amines is 1. The fourth-order valence-electron chi connectivity index (χ4n) is 1.48. The van der Waals surface area contributed by atoms with E-state index in [0.717, 1.165) is 5.52 Å². The largest absolute Gasteiger partial charge is 0.331 e. The molecule has 1 N–H and O–H groups in total. The zero-order valence-electron chi connectivity index (χ0n) is 8.06. The maximum absolute atomic E-state index is 13.5. The predicted molar refractivity (Wildman–Crippen MR) is 74.8 cm³/mol. The van der Waals surface area contributed by atoms with Gasteiger partial charge in [-0.15, -0.1) is 0 Å². The first-order chi connectivity index (χ1) is 7.49. The molecule has 16 heavy (non-hydrogen) atoms. The quantitative estimate of drug-likeness (QED) is 0.622. The lowest BCUT2D eigenvalue weighted by Gasteiger charge is -2.02. The van der Waals surface area contributed by atoms with Crippen molar-refractivity contribution in [1.29, 1.82) is 0 Å². The molecule has 0 aliphatic heterocycles. The maximum Gasteiger partial charge on any atom is 0.178 e. The van der Waals surface area contributed by atoms with Crippen molar-refractivity contribution in [3.63, 3.8) is 0 Å². The van der Waals surface area contributed by atoms with Crippen LogP contribution < -0.4 is 0 Å². The first-order valence-corrected chi connectivity index (χ1v) is 6.26. The molecule has 0 atom stereocenters. The summed E-state index contributed by atoms with van der Waals surface area (Å²) in [6.45, 7) is 3.98. The van der Waals surface area contributed by atoms with Gasteiger partial charge in [0.05, 0.1) is 21.1 Å². The number of fused-ring (bicyclic) bond motifs is 1. The summed E-state index contributed by atoms with van der Waals surface area (Å²) in [6.07, 6.45) is 0. The summed E-state index contributed by atoms with van der Waals surface area (Å²) in [7, 11) is 0. The van der Waals surface area contributed by atoms with Gasteiger partial charge in [0.1, 0.15) is 5.82 Å². The van der Waals surface area contributed by atoms with E-state index in [-0.39, 0.29) is 5.82 Å². The van der Waals surface area contributed by atoms with E-state index >= 15 is 0 Å². The standard InChI is InChI=1S/C10H7ClFIN2S/c1-5(11)4-15-9-2-6(12)7(13)3-8(9)14-10(15)16/h2-3H,1,4H2,(H,14,16). The van der Waals surface area contributed by atoms with Gasteiger partial charge in [-0.3, -0.25) is 0 Å². The Morgan fingerprint density at radius 2 is 2.31 bits per heavy atom. The van der Waals surface area contributed by atoms with Crippen LogP contribution in [-0.2, 0) is 6.54 Å². The van der Waals surface area contributed by atoms with E-state index < -0.39 is 0 Å². The molecule has 1 heterocycles. The Labute approximate surface area is 115 Å². The molecule has 2 aromatic rings. The normalized spacial score (nSPS) is 10.9. The van der Waals surface area contributed by atoms with Gasteiger partial charge < -0.3 is 9.55 Å². The molecule has 0 amide bonds.